The van der Waals surface area contributed by atoms with Gasteiger partial charge in [0.25, 0.3) is 0 Å². The third-order valence-electron chi connectivity index (χ3n) is 3.18. The second-order valence-corrected chi connectivity index (χ2v) is 4.24. The number of ether oxygens (including phenoxy) is 1. The summed E-state index contributed by atoms with van der Waals surface area (Å²) in [5.74, 6) is 2.30. The number of benzene rings is 1. The Kier molecular flexibility index (Phi) is 2.57. The molecule has 1 aromatic heterocycles. The van der Waals surface area contributed by atoms with Crippen LogP contribution in [0.4, 0.5) is 0 Å². The highest BCUT2D eigenvalue weighted by Gasteiger charge is 2.21. The summed E-state index contributed by atoms with van der Waals surface area (Å²) in [7, 11) is 1.68. The van der Waals surface area contributed by atoms with Gasteiger partial charge in [-0.25, -0.2) is 4.98 Å². The van der Waals surface area contributed by atoms with Crippen molar-refractivity contribution in [2.45, 2.75) is 5.92 Å². The van der Waals surface area contributed by atoms with E-state index in [4.69, 9.17) is 4.74 Å². The highest BCUT2D eigenvalue weighted by atomic mass is 16.5. The first-order valence-corrected chi connectivity index (χ1v) is 5.77. The number of aromatic nitrogens is 2. The van der Waals surface area contributed by atoms with Crippen LogP contribution < -0.4 is 10.1 Å². The van der Waals surface area contributed by atoms with Crippen LogP contribution in [0.25, 0.3) is 11.4 Å². The maximum Gasteiger partial charge on any atom is 0.141 e. The van der Waals surface area contributed by atoms with Gasteiger partial charge in [0.15, 0.2) is 0 Å². The monoisotopic (exact) mass is 229 g/mol. The molecule has 0 atom stereocenters. The first-order chi connectivity index (χ1) is 8.38. The van der Waals surface area contributed by atoms with Gasteiger partial charge in [-0.1, -0.05) is 12.1 Å². The number of para-hydroxylation sites is 1. The first kappa shape index (κ1) is 10.4. The molecule has 0 unspecified atom stereocenters. The van der Waals surface area contributed by atoms with E-state index in [-0.39, 0.29) is 0 Å². The van der Waals surface area contributed by atoms with Crippen molar-refractivity contribution in [3.05, 3.63) is 36.2 Å². The van der Waals surface area contributed by atoms with Crippen LogP contribution in [-0.4, -0.2) is 30.2 Å². The van der Waals surface area contributed by atoms with Crippen molar-refractivity contribution in [2.24, 2.45) is 0 Å². The van der Waals surface area contributed by atoms with Gasteiger partial charge in [0.05, 0.1) is 12.7 Å². The minimum Gasteiger partial charge on any atom is -0.496 e. The summed E-state index contributed by atoms with van der Waals surface area (Å²) >= 11 is 0. The van der Waals surface area contributed by atoms with E-state index in [0.29, 0.717) is 5.92 Å². The van der Waals surface area contributed by atoms with Crippen molar-refractivity contribution in [3.63, 3.8) is 0 Å². The summed E-state index contributed by atoms with van der Waals surface area (Å²) in [6.45, 7) is 2.07. The fourth-order valence-electron chi connectivity index (χ4n) is 2.03. The van der Waals surface area contributed by atoms with E-state index < -0.39 is 0 Å². The second-order valence-electron chi connectivity index (χ2n) is 4.24. The lowest BCUT2D eigenvalue weighted by atomic mass is 10.0. The molecule has 1 fully saturated rings. The van der Waals surface area contributed by atoms with Crippen LogP contribution in [0.2, 0.25) is 0 Å². The molecule has 0 saturated carbocycles. The van der Waals surface area contributed by atoms with Crippen molar-refractivity contribution >= 4 is 0 Å². The van der Waals surface area contributed by atoms with Crippen LogP contribution in [0.1, 0.15) is 11.6 Å². The standard InChI is InChI=1S/C13H15N3O/c1-17-12-5-3-2-4-10(12)13-15-8-11(16-13)9-6-14-7-9/h2-5,8-9,14H,6-7H2,1H3,(H,15,16). The summed E-state index contributed by atoms with van der Waals surface area (Å²) in [4.78, 5) is 7.81. The van der Waals surface area contributed by atoms with Gasteiger partial charge in [-0.05, 0) is 12.1 Å². The number of nitrogens with zero attached hydrogens (tertiary/aromatic N) is 1. The molecule has 4 heteroatoms. The first-order valence-electron chi connectivity index (χ1n) is 5.77. The summed E-state index contributed by atoms with van der Waals surface area (Å²) in [5, 5.41) is 3.26. The van der Waals surface area contributed by atoms with E-state index >= 15 is 0 Å². The van der Waals surface area contributed by atoms with Gasteiger partial charge < -0.3 is 15.0 Å². The average molecular weight is 229 g/mol. The number of rotatable bonds is 3. The summed E-state index contributed by atoms with van der Waals surface area (Å²) in [6, 6.07) is 7.91. The smallest absolute Gasteiger partial charge is 0.141 e. The minimum absolute atomic E-state index is 0.575. The van der Waals surface area contributed by atoms with Crippen LogP contribution in [-0.2, 0) is 0 Å². The zero-order valence-corrected chi connectivity index (χ0v) is 9.73. The molecule has 1 aliphatic heterocycles. The zero-order valence-electron chi connectivity index (χ0n) is 9.73. The Labute approximate surface area is 100 Å². The van der Waals surface area contributed by atoms with Crippen molar-refractivity contribution in [1.82, 2.24) is 15.3 Å². The molecule has 3 rings (SSSR count). The van der Waals surface area contributed by atoms with Crippen LogP contribution in [0.15, 0.2) is 30.5 Å². The fourth-order valence-corrected chi connectivity index (χ4v) is 2.03. The number of methoxy groups -OCH3 is 1. The van der Waals surface area contributed by atoms with Crippen molar-refractivity contribution < 1.29 is 4.74 Å². The number of hydrogen-bond acceptors (Lipinski definition) is 3. The molecule has 0 aliphatic carbocycles. The van der Waals surface area contributed by atoms with E-state index in [2.05, 4.69) is 15.3 Å². The Morgan fingerprint density at radius 3 is 2.82 bits per heavy atom. The highest BCUT2D eigenvalue weighted by Crippen LogP contribution is 2.28. The molecule has 17 heavy (non-hydrogen) atoms. The van der Waals surface area contributed by atoms with Crippen molar-refractivity contribution in [2.75, 3.05) is 20.2 Å². The van der Waals surface area contributed by atoms with Crippen LogP contribution in [0, 0.1) is 0 Å². The molecule has 0 spiro atoms. The molecular formula is C13H15N3O. The summed E-state index contributed by atoms with van der Waals surface area (Å²) in [5.41, 5.74) is 2.21. The number of imidazole rings is 1. The van der Waals surface area contributed by atoms with E-state index in [1.165, 1.54) is 5.69 Å². The Hall–Kier alpha value is -1.81. The van der Waals surface area contributed by atoms with Crippen LogP contribution >= 0.6 is 0 Å². The Morgan fingerprint density at radius 2 is 2.12 bits per heavy atom. The van der Waals surface area contributed by atoms with Gasteiger partial charge in [0.1, 0.15) is 11.6 Å². The van der Waals surface area contributed by atoms with Crippen molar-refractivity contribution in [1.29, 1.82) is 0 Å². The number of aromatic amines is 1. The molecule has 0 amide bonds. The molecule has 0 radical (unpaired) electrons. The maximum absolute atomic E-state index is 5.34. The normalized spacial score (nSPS) is 15.6. The fraction of sp³-hybridized carbons (Fsp3) is 0.308. The summed E-state index contributed by atoms with van der Waals surface area (Å²) < 4.78 is 5.34. The van der Waals surface area contributed by atoms with Crippen molar-refractivity contribution in [3.8, 4) is 17.1 Å². The average Bonchev–Trinajstić information content (AvgIpc) is 2.76. The van der Waals surface area contributed by atoms with E-state index in [0.717, 1.165) is 30.2 Å². The lowest BCUT2D eigenvalue weighted by Crippen LogP contribution is -2.40. The molecule has 4 nitrogen and oxygen atoms in total. The van der Waals surface area contributed by atoms with E-state index in [9.17, 15) is 0 Å². The largest absolute Gasteiger partial charge is 0.496 e. The topological polar surface area (TPSA) is 49.9 Å². The number of H-pyrrole nitrogens is 1. The Balaban J connectivity index is 1.94. The second kappa shape index (κ2) is 4.22. The zero-order chi connectivity index (χ0) is 11.7. The predicted octanol–water partition coefficient (Wildman–Crippen LogP) is 1.77. The SMILES string of the molecule is COc1ccccc1-c1ncc(C2CNC2)[nH]1. The Bertz CT molecular complexity index is 517. The molecule has 2 aromatic rings. The molecule has 2 N–H and O–H groups in total. The lowest BCUT2D eigenvalue weighted by molar-refractivity contribution is 0.416. The van der Waals surface area contributed by atoms with Gasteiger partial charge in [-0.2, -0.15) is 0 Å². The van der Waals surface area contributed by atoms with Gasteiger partial charge >= 0.3 is 0 Å². The van der Waals surface area contributed by atoms with Crippen LogP contribution in [0.5, 0.6) is 5.75 Å². The maximum atomic E-state index is 5.34. The predicted molar refractivity (Wildman–Crippen MR) is 66.2 cm³/mol. The molecule has 2 heterocycles. The van der Waals surface area contributed by atoms with Gasteiger partial charge in [-0.3, -0.25) is 0 Å². The quantitative estimate of drug-likeness (QED) is 0.843. The number of hydrogen-bond donors (Lipinski definition) is 2. The van der Waals surface area contributed by atoms with E-state index in [1.807, 2.05) is 30.5 Å². The van der Waals surface area contributed by atoms with Gasteiger partial charge in [-0.15, -0.1) is 0 Å². The molecule has 1 aliphatic rings. The Morgan fingerprint density at radius 1 is 1.29 bits per heavy atom. The lowest BCUT2D eigenvalue weighted by Gasteiger charge is -2.25. The van der Waals surface area contributed by atoms with Gasteiger partial charge in [0, 0.05) is 30.9 Å². The molecular weight excluding hydrogens is 214 g/mol. The third-order valence-corrected chi connectivity index (χ3v) is 3.18. The van der Waals surface area contributed by atoms with Crippen LogP contribution in [0.3, 0.4) is 0 Å². The minimum atomic E-state index is 0.575. The third kappa shape index (κ3) is 1.80. The molecule has 1 saturated heterocycles. The van der Waals surface area contributed by atoms with Gasteiger partial charge in [0.2, 0.25) is 0 Å². The highest BCUT2D eigenvalue weighted by molar-refractivity contribution is 5.64. The molecule has 1 aromatic carbocycles. The molecule has 88 valence electrons. The van der Waals surface area contributed by atoms with E-state index in [1.54, 1.807) is 7.11 Å². The molecule has 0 bridgehead atoms. The number of nitrogens with one attached hydrogen (secondary N) is 2. The summed E-state index contributed by atoms with van der Waals surface area (Å²) in [6.07, 6.45) is 1.92.